The number of anilines is 1. The van der Waals surface area contributed by atoms with Crippen molar-refractivity contribution in [3.8, 4) is 11.3 Å². The number of hydrogen-bond acceptors (Lipinski definition) is 7. The number of methoxy groups -OCH3 is 1. The van der Waals surface area contributed by atoms with E-state index in [-0.39, 0.29) is 18.0 Å². The predicted octanol–water partition coefficient (Wildman–Crippen LogP) is 2.93. The van der Waals surface area contributed by atoms with Crippen LogP contribution < -0.4 is 4.90 Å². The van der Waals surface area contributed by atoms with E-state index in [4.69, 9.17) is 4.74 Å². The molecule has 1 saturated carbocycles. The van der Waals surface area contributed by atoms with E-state index in [9.17, 15) is 4.39 Å². The molecule has 162 valence electrons. The maximum absolute atomic E-state index is 14.8. The van der Waals surface area contributed by atoms with Crippen LogP contribution in [0.3, 0.4) is 0 Å². The molecule has 1 aliphatic heterocycles. The van der Waals surface area contributed by atoms with E-state index >= 15 is 0 Å². The SMILES string of the molecule is CCc1ncnc(N2C[C@H]3C[C@@H](n4cc(-c5cccnc5)nn4)[C@H](OC)C[C@H]3C2)c1F. The van der Waals surface area contributed by atoms with Crippen molar-refractivity contribution in [3.63, 3.8) is 0 Å². The third kappa shape index (κ3) is 3.67. The molecule has 0 radical (unpaired) electrons. The molecule has 5 rings (SSSR count). The molecule has 0 unspecified atom stereocenters. The van der Waals surface area contributed by atoms with Gasteiger partial charge in [0.1, 0.15) is 12.0 Å². The lowest BCUT2D eigenvalue weighted by Crippen LogP contribution is -2.37. The van der Waals surface area contributed by atoms with Crippen LogP contribution in [0.15, 0.2) is 37.1 Å². The van der Waals surface area contributed by atoms with Crippen molar-refractivity contribution in [2.75, 3.05) is 25.1 Å². The summed E-state index contributed by atoms with van der Waals surface area (Å²) in [7, 11) is 1.75. The van der Waals surface area contributed by atoms with E-state index in [1.807, 2.05) is 29.9 Å². The standard InChI is InChI=1S/C22H26FN7O/c1-3-17-21(23)22(26-13-25-17)29-10-15-7-19(20(31-2)8-16(15)11-29)30-12-18(27-28-30)14-5-4-6-24-9-14/h4-6,9,12-13,15-16,19-20H,3,7-8,10-11H2,1-2H3/t15-,16+,19-,20-/m1/s1. The predicted molar refractivity (Wildman–Crippen MR) is 113 cm³/mol. The summed E-state index contributed by atoms with van der Waals surface area (Å²) in [6.07, 6.45) is 9.36. The molecule has 0 spiro atoms. The summed E-state index contributed by atoms with van der Waals surface area (Å²) in [4.78, 5) is 14.6. The topological polar surface area (TPSA) is 81.9 Å². The molecule has 3 aromatic rings. The van der Waals surface area contributed by atoms with Gasteiger partial charge >= 0.3 is 0 Å². The van der Waals surface area contributed by atoms with E-state index in [0.717, 1.165) is 37.2 Å². The summed E-state index contributed by atoms with van der Waals surface area (Å²) >= 11 is 0. The van der Waals surface area contributed by atoms with Crippen molar-refractivity contribution in [1.82, 2.24) is 29.9 Å². The van der Waals surface area contributed by atoms with Crippen molar-refractivity contribution in [2.45, 2.75) is 38.3 Å². The van der Waals surface area contributed by atoms with Gasteiger partial charge in [-0.2, -0.15) is 0 Å². The van der Waals surface area contributed by atoms with Gasteiger partial charge in [-0.05, 0) is 43.2 Å². The Bertz CT molecular complexity index is 1040. The van der Waals surface area contributed by atoms with Crippen LogP contribution >= 0.6 is 0 Å². The number of aryl methyl sites for hydroxylation is 1. The molecule has 8 nitrogen and oxygen atoms in total. The minimum Gasteiger partial charge on any atom is -0.379 e. The second kappa shape index (κ2) is 8.30. The zero-order chi connectivity index (χ0) is 21.4. The first kappa shape index (κ1) is 20.0. The Morgan fingerprint density at radius 3 is 2.77 bits per heavy atom. The van der Waals surface area contributed by atoms with Gasteiger partial charge in [-0.1, -0.05) is 12.1 Å². The first-order valence-corrected chi connectivity index (χ1v) is 10.8. The van der Waals surface area contributed by atoms with Crippen LogP contribution in [-0.4, -0.2) is 56.2 Å². The van der Waals surface area contributed by atoms with Crippen LogP contribution in [0, 0.1) is 17.7 Å². The highest BCUT2D eigenvalue weighted by atomic mass is 19.1. The fraction of sp³-hybridized carbons (Fsp3) is 0.500. The highest BCUT2D eigenvalue weighted by Crippen LogP contribution is 2.43. The van der Waals surface area contributed by atoms with Crippen molar-refractivity contribution in [2.24, 2.45) is 11.8 Å². The number of pyridine rings is 1. The zero-order valence-electron chi connectivity index (χ0n) is 17.7. The van der Waals surface area contributed by atoms with E-state index in [1.54, 1.807) is 19.5 Å². The lowest BCUT2D eigenvalue weighted by molar-refractivity contribution is -0.00541. The van der Waals surface area contributed by atoms with Crippen LogP contribution in [0.4, 0.5) is 10.2 Å². The average Bonchev–Trinajstić information content (AvgIpc) is 3.46. The van der Waals surface area contributed by atoms with Crippen molar-refractivity contribution < 1.29 is 9.13 Å². The molecule has 3 aromatic heterocycles. The normalized spacial score (nSPS) is 25.6. The molecule has 0 amide bonds. The molecule has 9 heteroatoms. The van der Waals surface area contributed by atoms with Gasteiger partial charge in [-0.3, -0.25) is 4.98 Å². The number of nitrogens with zero attached hydrogens (tertiary/aromatic N) is 7. The van der Waals surface area contributed by atoms with Gasteiger partial charge in [0.05, 0.1) is 24.0 Å². The third-order valence-electron chi connectivity index (χ3n) is 6.67. The van der Waals surface area contributed by atoms with Crippen molar-refractivity contribution in [3.05, 3.63) is 48.6 Å². The Kier molecular flexibility index (Phi) is 5.35. The van der Waals surface area contributed by atoms with Gasteiger partial charge in [0, 0.05) is 38.2 Å². The number of fused-ring (bicyclic) bond motifs is 1. The molecule has 2 fully saturated rings. The molecule has 0 N–H and O–H groups in total. The van der Waals surface area contributed by atoms with Crippen molar-refractivity contribution >= 4 is 5.82 Å². The first-order valence-electron chi connectivity index (χ1n) is 10.8. The molecule has 0 bridgehead atoms. The highest BCUT2D eigenvalue weighted by molar-refractivity contribution is 5.55. The van der Waals surface area contributed by atoms with E-state index in [0.29, 0.717) is 29.8 Å². The monoisotopic (exact) mass is 423 g/mol. The first-order chi connectivity index (χ1) is 15.2. The minimum absolute atomic E-state index is 0.0334. The van der Waals surface area contributed by atoms with Crippen LogP contribution in [0.1, 0.15) is 31.5 Å². The fourth-order valence-corrected chi connectivity index (χ4v) is 5.04. The summed E-state index contributed by atoms with van der Waals surface area (Å²) in [6.45, 7) is 3.47. The summed E-state index contributed by atoms with van der Waals surface area (Å²) in [5, 5.41) is 8.76. The maximum atomic E-state index is 14.8. The summed E-state index contributed by atoms with van der Waals surface area (Å²) in [5.74, 6) is 0.983. The minimum atomic E-state index is -0.291. The third-order valence-corrected chi connectivity index (χ3v) is 6.67. The Morgan fingerprint density at radius 2 is 2.03 bits per heavy atom. The number of halogens is 1. The second-order valence-electron chi connectivity index (χ2n) is 8.38. The number of rotatable bonds is 5. The average molecular weight is 423 g/mol. The van der Waals surface area contributed by atoms with E-state index in [2.05, 4.69) is 30.2 Å². The Morgan fingerprint density at radius 1 is 1.19 bits per heavy atom. The van der Waals surface area contributed by atoms with Gasteiger partial charge in [-0.25, -0.2) is 19.0 Å². The largest absolute Gasteiger partial charge is 0.379 e. The fourth-order valence-electron chi connectivity index (χ4n) is 5.04. The summed E-state index contributed by atoms with van der Waals surface area (Å²) in [5.41, 5.74) is 2.21. The number of aromatic nitrogens is 6. The molecule has 0 aromatic carbocycles. The van der Waals surface area contributed by atoms with Gasteiger partial charge < -0.3 is 9.64 Å². The molecule has 1 aliphatic carbocycles. The van der Waals surface area contributed by atoms with Gasteiger partial charge in [0.2, 0.25) is 0 Å². The smallest absolute Gasteiger partial charge is 0.187 e. The molecular weight excluding hydrogens is 397 g/mol. The molecular formula is C22H26FN7O. The van der Waals surface area contributed by atoms with Crippen LogP contribution in [0.25, 0.3) is 11.3 Å². The zero-order valence-corrected chi connectivity index (χ0v) is 17.7. The van der Waals surface area contributed by atoms with Crippen LogP contribution in [0.5, 0.6) is 0 Å². The highest BCUT2D eigenvalue weighted by Gasteiger charge is 2.44. The Hall–Kier alpha value is -2.94. The van der Waals surface area contributed by atoms with E-state index in [1.165, 1.54) is 6.33 Å². The Labute approximate surface area is 180 Å². The lowest BCUT2D eigenvalue weighted by Gasteiger charge is -2.36. The van der Waals surface area contributed by atoms with Crippen LogP contribution in [-0.2, 0) is 11.2 Å². The summed E-state index contributed by atoms with van der Waals surface area (Å²) < 4.78 is 22.6. The maximum Gasteiger partial charge on any atom is 0.187 e. The molecule has 4 heterocycles. The van der Waals surface area contributed by atoms with E-state index < -0.39 is 0 Å². The molecule has 1 saturated heterocycles. The number of hydrogen-bond donors (Lipinski definition) is 0. The molecule has 2 aliphatic rings. The van der Waals surface area contributed by atoms with Gasteiger partial charge in [0.15, 0.2) is 11.6 Å². The van der Waals surface area contributed by atoms with Gasteiger partial charge in [-0.15, -0.1) is 5.10 Å². The lowest BCUT2D eigenvalue weighted by atomic mass is 9.77. The van der Waals surface area contributed by atoms with Gasteiger partial charge in [0.25, 0.3) is 0 Å². The van der Waals surface area contributed by atoms with Crippen molar-refractivity contribution in [1.29, 1.82) is 0 Å². The molecule has 31 heavy (non-hydrogen) atoms. The summed E-state index contributed by atoms with van der Waals surface area (Å²) in [6, 6.07) is 3.95. The quantitative estimate of drug-likeness (QED) is 0.624. The number of ether oxygens (including phenoxy) is 1. The second-order valence-corrected chi connectivity index (χ2v) is 8.38. The van der Waals surface area contributed by atoms with Crippen LogP contribution in [0.2, 0.25) is 0 Å². The Balaban J connectivity index is 1.36. The molecule has 4 atom stereocenters.